The highest BCUT2D eigenvalue weighted by Gasteiger charge is 2.36. The van der Waals surface area contributed by atoms with Crippen LogP contribution in [0.4, 0.5) is 0 Å². The van der Waals surface area contributed by atoms with Gasteiger partial charge in [0.1, 0.15) is 0 Å². The SMILES string of the molecule is CCNC(=O)CCN1CCC(SC)(C(N)=S)CC1. The Morgan fingerprint density at radius 2 is 2.11 bits per heavy atom. The van der Waals surface area contributed by atoms with Crippen molar-refractivity contribution in [1.82, 2.24) is 10.2 Å². The maximum Gasteiger partial charge on any atom is 0.221 e. The summed E-state index contributed by atoms with van der Waals surface area (Å²) in [6.45, 7) is 5.41. The second-order valence-electron chi connectivity index (χ2n) is 4.61. The summed E-state index contributed by atoms with van der Waals surface area (Å²) in [4.78, 5) is 14.3. The van der Waals surface area contributed by atoms with Crippen molar-refractivity contribution >= 4 is 34.9 Å². The van der Waals surface area contributed by atoms with Crippen LogP contribution in [0.3, 0.4) is 0 Å². The monoisotopic (exact) mass is 289 g/mol. The van der Waals surface area contributed by atoms with Crippen molar-refractivity contribution in [3.05, 3.63) is 0 Å². The fourth-order valence-corrected chi connectivity index (χ4v) is 3.48. The van der Waals surface area contributed by atoms with Crippen LogP contribution in [0, 0.1) is 0 Å². The van der Waals surface area contributed by atoms with E-state index < -0.39 is 0 Å². The van der Waals surface area contributed by atoms with Gasteiger partial charge in [-0.1, -0.05) is 12.2 Å². The van der Waals surface area contributed by atoms with Gasteiger partial charge < -0.3 is 16.0 Å². The molecule has 0 saturated carbocycles. The first-order valence-corrected chi connectivity index (χ1v) is 8.01. The minimum absolute atomic E-state index is 0.0302. The third kappa shape index (κ3) is 4.10. The second-order valence-corrected chi connectivity index (χ2v) is 6.24. The predicted octanol–water partition coefficient (Wildman–Crippen LogP) is 0.996. The van der Waals surface area contributed by atoms with Crippen LogP contribution >= 0.6 is 24.0 Å². The largest absolute Gasteiger partial charge is 0.392 e. The van der Waals surface area contributed by atoms with E-state index in [9.17, 15) is 4.79 Å². The van der Waals surface area contributed by atoms with E-state index in [0.29, 0.717) is 18.0 Å². The minimum atomic E-state index is -0.0302. The van der Waals surface area contributed by atoms with Crippen LogP contribution in [0.15, 0.2) is 0 Å². The van der Waals surface area contributed by atoms with Gasteiger partial charge in [-0.2, -0.15) is 11.8 Å². The Kier molecular flexibility index (Phi) is 6.38. The van der Waals surface area contributed by atoms with Gasteiger partial charge in [-0.05, 0) is 39.1 Å². The lowest BCUT2D eigenvalue weighted by Crippen LogP contribution is -2.49. The number of nitrogens with one attached hydrogen (secondary N) is 1. The Balaban J connectivity index is 2.35. The van der Waals surface area contributed by atoms with Gasteiger partial charge in [0, 0.05) is 19.5 Å². The highest BCUT2D eigenvalue weighted by Crippen LogP contribution is 2.34. The molecule has 1 fully saturated rings. The first-order valence-electron chi connectivity index (χ1n) is 6.38. The molecule has 3 N–H and O–H groups in total. The van der Waals surface area contributed by atoms with Crippen molar-refractivity contribution in [1.29, 1.82) is 0 Å². The number of thioether (sulfide) groups is 1. The number of thiocarbonyl (C=S) groups is 1. The van der Waals surface area contributed by atoms with Gasteiger partial charge in [0.15, 0.2) is 0 Å². The maximum atomic E-state index is 11.4. The van der Waals surface area contributed by atoms with Crippen molar-refractivity contribution in [2.45, 2.75) is 30.9 Å². The topological polar surface area (TPSA) is 58.4 Å². The van der Waals surface area contributed by atoms with Crippen molar-refractivity contribution in [2.24, 2.45) is 5.73 Å². The van der Waals surface area contributed by atoms with Gasteiger partial charge in [-0.15, -0.1) is 0 Å². The summed E-state index contributed by atoms with van der Waals surface area (Å²) in [6.07, 6.45) is 4.62. The van der Waals surface area contributed by atoms with E-state index in [-0.39, 0.29) is 10.7 Å². The van der Waals surface area contributed by atoms with Gasteiger partial charge in [0.2, 0.25) is 5.91 Å². The number of nitrogens with zero attached hydrogens (tertiary/aromatic N) is 1. The second kappa shape index (κ2) is 7.31. The van der Waals surface area contributed by atoms with Crippen molar-refractivity contribution in [3.8, 4) is 0 Å². The molecule has 1 heterocycles. The van der Waals surface area contributed by atoms with Crippen LogP contribution in [-0.2, 0) is 4.79 Å². The predicted molar refractivity (Wildman–Crippen MR) is 82.0 cm³/mol. The van der Waals surface area contributed by atoms with Gasteiger partial charge in [0.25, 0.3) is 0 Å². The molecule has 0 aliphatic carbocycles. The molecule has 4 nitrogen and oxygen atoms in total. The molecular formula is C12H23N3OS2. The first-order chi connectivity index (χ1) is 8.54. The maximum absolute atomic E-state index is 11.4. The minimum Gasteiger partial charge on any atom is -0.392 e. The third-order valence-electron chi connectivity index (χ3n) is 3.53. The summed E-state index contributed by atoms with van der Waals surface area (Å²) in [5.41, 5.74) is 5.85. The molecular weight excluding hydrogens is 266 g/mol. The number of rotatable bonds is 6. The molecule has 0 atom stereocenters. The number of hydrogen-bond donors (Lipinski definition) is 2. The smallest absolute Gasteiger partial charge is 0.221 e. The molecule has 6 heteroatoms. The van der Waals surface area contributed by atoms with E-state index in [1.807, 2.05) is 6.92 Å². The van der Waals surface area contributed by atoms with Crippen LogP contribution in [0.25, 0.3) is 0 Å². The number of hydrogen-bond acceptors (Lipinski definition) is 4. The molecule has 1 rings (SSSR count). The summed E-state index contributed by atoms with van der Waals surface area (Å²) in [5.74, 6) is 0.133. The highest BCUT2D eigenvalue weighted by molar-refractivity contribution is 8.02. The fraction of sp³-hybridized carbons (Fsp3) is 0.833. The molecule has 18 heavy (non-hydrogen) atoms. The zero-order valence-corrected chi connectivity index (χ0v) is 12.8. The van der Waals surface area contributed by atoms with Crippen LogP contribution in [0.5, 0.6) is 0 Å². The van der Waals surface area contributed by atoms with Crippen LogP contribution < -0.4 is 11.1 Å². The fourth-order valence-electron chi connectivity index (χ4n) is 2.23. The van der Waals surface area contributed by atoms with Gasteiger partial charge >= 0.3 is 0 Å². The van der Waals surface area contributed by atoms with E-state index in [1.54, 1.807) is 11.8 Å². The summed E-state index contributed by atoms with van der Waals surface area (Å²) >= 11 is 6.94. The quantitative estimate of drug-likeness (QED) is 0.714. The third-order valence-corrected chi connectivity index (χ3v) is 5.46. The summed E-state index contributed by atoms with van der Waals surface area (Å²) in [7, 11) is 0. The van der Waals surface area contributed by atoms with E-state index in [0.717, 1.165) is 32.5 Å². The number of carbonyl (C=O) groups is 1. The Morgan fingerprint density at radius 3 is 2.56 bits per heavy atom. The summed E-state index contributed by atoms with van der Waals surface area (Å²) < 4.78 is -0.0302. The van der Waals surface area contributed by atoms with Crippen molar-refractivity contribution in [2.75, 3.05) is 32.4 Å². The van der Waals surface area contributed by atoms with E-state index in [1.165, 1.54) is 0 Å². The Bertz CT molecular complexity index is 302. The first kappa shape index (κ1) is 15.7. The molecule has 1 saturated heterocycles. The number of amides is 1. The summed E-state index contributed by atoms with van der Waals surface area (Å²) in [5, 5.41) is 2.82. The lowest BCUT2D eigenvalue weighted by Gasteiger charge is -2.40. The normalized spacial score (nSPS) is 19.4. The average Bonchev–Trinajstić information content (AvgIpc) is 2.37. The lowest BCUT2D eigenvalue weighted by molar-refractivity contribution is -0.121. The molecule has 0 radical (unpaired) electrons. The van der Waals surface area contributed by atoms with Crippen LogP contribution in [0.2, 0.25) is 0 Å². The molecule has 1 aliphatic heterocycles. The number of nitrogens with two attached hydrogens (primary N) is 1. The highest BCUT2D eigenvalue weighted by atomic mass is 32.2. The molecule has 104 valence electrons. The molecule has 1 amide bonds. The average molecular weight is 289 g/mol. The van der Waals surface area contributed by atoms with Crippen LogP contribution in [-0.4, -0.2) is 53.0 Å². The Labute approximate surface area is 119 Å². The molecule has 0 bridgehead atoms. The van der Waals surface area contributed by atoms with Gasteiger partial charge in [-0.3, -0.25) is 4.79 Å². The number of likely N-dealkylation sites (tertiary alicyclic amines) is 1. The number of carbonyl (C=O) groups excluding carboxylic acids is 1. The van der Waals surface area contributed by atoms with E-state index in [4.69, 9.17) is 18.0 Å². The molecule has 0 unspecified atom stereocenters. The molecule has 0 spiro atoms. The lowest BCUT2D eigenvalue weighted by atomic mass is 9.95. The molecule has 0 aromatic heterocycles. The summed E-state index contributed by atoms with van der Waals surface area (Å²) in [6, 6.07) is 0. The zero-order valence-electron chi connectivity index (χ0n) is 11.2. The van der Waals surface area contributed by atoms with Crippen molar-refractivity contribution < 1.29 is 4.79 Å². The van der Waals surface area contributed by atoms with Gasteiger partial charge in [0.05, 0.1) is 9.74 Å². The Hall–Kier alpha value is -0.330. The van der Waals surface area contributed by atoms with Gasteiger partial charge in [-0.25, -0.2) is 0 Å². The van der Waals surface area contributed by atoms with Crippen LogP contribution in [0.1, 0.15) is 26.2 Å². The van der Waals surface area contributed by atoms with Crippen molar-refractivity contribution in [3.63, 3.8) is 0 Å². The number of piperidine rings is 1. The van der Waals surface area contributed by atoms with E-state index >= 15 is 0 Å². The Morgan fingerprint density at radius 1 is 1.50 bits per heavy atom. The zero-order chi connectivity index (χ0) is 13.6. The molecule has 0 aromatic rings. The molecule has 0 aromatic carbocycles. The molecule has 1 aliphatic rings. The standard InChI is InChI=1S/C12H23N3OS2/c1-3-14-10(16)4-7-15-8-5-12(18-2,6-9-15)11(13)17/h3-9H2,1-2H3,(H2,13,17)(H,14,16). The van der Waals surface area contributed by atoms with E-state index in [2.05, 4.69) is 16.5 Å².